The van der Waals surface area contributed by atoms with Crippen LogP contribution in [0.1, 0.15) is 15.9 Å². The van der Waals surface area contributed by atoms with E-state index in [1.807, 2.05) is 0 Å². The zero-order valence-electron chi connectivity index (χ0n) is 11.8. The number of halogens is 3. The lowest BCUT2D eigenvalue weighted by Gasteiger charge is -2.08. The van der Waals surface area contributed by atoms with Gasteiger partial charge in [0.2, 0.25) is 0 Å². The van der Waals surface area contributed by atoms with E-state index in [-0.39, 0.29) is 17.1 Å². The SMILES string of the molecule is O=C(COC(=O)c1cc(F)ccc1Cl)NCc1ccccc1Cl. The number of benzene rings is 2. The molecule has 4 nitrogen and oxygen atoms in total. The average molecular weight is 356 g/mol. The molecule has 1 N–H and O–H groups in total. The summed E-state index contributed by atoms with van der Waals surface area (Å²) in [6, 6.07) is 10.3. The molecule has 0 radical (unpaired) electrons. The van der Waals surface area contributed by atoms with Crippen LogP contribution in [0.5, 0.6) is 0 Å². The molecule has 0 spiro atoms. The van der Waals surface area contributed by atoms with Crippen LogP contribution in [0.3, 0.4) is 0 Å². The fourth-order valence-electron chi connectivity index (χ4n) is 1.75. The van der Waals surface area contributed by atoms with E-state index >= 15 is 0 Å². The standard InChI is InChI=1S/C16H12Cl2FNO3/c17-13-4-2-1-3-10(13)8-20-15(21)9-23-16(22)12-7-11(19)5-6-14(12)18/h1-7H,8-9H2,(H,20,21). The lowest BCUT2D eigenvalue weighted by Crippen LogP contribution is -2.28. The maximum Gasteiger partial charge on any atom is 0.340 e. The average Bonchev–Trinajstić information content (AvgIpc) is 2.54. The summed E-state index contributed by atoms with van der Waals surface area (Å²) in [5.74, 6) is -2.00. The maximum atomic E-state index is 13.1. The first-order chi connectivity index (χ1) is 11.0. The van der Waals surface area contributed by atoms with Gasteiger partial charge in [-0.2, -0.15) is 0 Å². The van der Waals surface area contributed by atoms with E-state index in [9.17, 15) is 14.0 Å². The molecule has 0 aliphatic rings. The van der Waals surface area contributed by atoms with Crippen LogP contribution in [0.2, 0.25) is 10.0 Å². The van der Waals surface area contributed by atoms with E-state index in [1.165, 1.54) is 6.07 Å². The molecule has 7 heteroatoms. The van der Waals surface area contributed by atoms with Gasteiger partial charge in [-0.25, -0.2) is 9.18 Å². The molecule has 2 aromatic carbocycles. The Morgan fingerprint density at radius 1 is 1.09 bits per heavy atom. The van der Waals surface area contributed by atoms with Crippen LogP contribution in [-0.4, -0.2) is 18.5 Å². The molecule has 0 fully saturated rings. The van der Waals surface area contributed by atoms with Gasteiger partial charge in [-0.05, 0) is 29.8 Å². The van der Waals surface area contributed by atoms with Gasteiger partial charge in [0, 0.05) is 11.6 Å². The highest BCUT2D eigenvalue weighted by atomic mass is 35.5. The zero-order valence-corrected chi connectivity index (χ0v) is 13.3. The lowest BCUT2D eigenvalue weighted by molar-refractivity contribution is -0.124. The molecule has 0 aromatic heterocycles. The number of esters is 1. The second-order valence-corrected chi connectivity index (χ2v) is 5.38. The van der Waals surface area contributed by atoms with Crippen molar-refractivity contribution in [3.63, 3.8) is 0 Å². The molecule has 0 aliphatic heterocycles. The molecule has 2 aromatic rings. The van der Waals surface area contributed by atoms with Crippen molar-refractivity contribution in [1.29, 1.82) is 0 Å². The Balaban J connectivity index is 1.86. The van der Waals surface area contributed by atoms with Crippen LogP contribution >= 0.6 is 23.2 Å². The first-order valence-corrected chi connectivity index (χ1v) is 7.35. The van der Waals surface area contributed by atoms with E-state index in [4.69, 9.17) is 27.9 Å². The van der Waals surface area contributed by atoms with Crippen LogP contribution in [0.15, 0.2) is 42.5 Å². The third kappa shape index (κ3) is 4.94. The van der Waals surface area contributed by atoms with Crippen LogP contribution < -0.4 is 5.32 Å². The molecule has 0 aliphatic carbocycles. The van der Waals surface area contributed by atoms with Gasteiger partial charge in [0.1, 0.15) is 5.82 Å². The first-order valence-electron chi connectivity index (χ1n) is 6.59. The Morgan fingerprint density at radius 3 is 2.57 bits per heavy atom. The molecular weight excluding hydrogens is 344 g/mol. The second-order valence-electron chi connectivity index (χ2n) is 4.57. The van der Waals surface area contributed by atoms with Gasteiger partial charge >= 0.3 is 5.97 Å². The monoisotopic (exact) mass is 355 g/mol. The summed E-state index contributed by atoms with van der Waals surface area (Å²) < 4.78 is 17.9. The summed E-state index contributed by atoms with van der Waals surface area (Å²) in [6.45, 7) is -0.299. The largest absolute Gasteiger partial charge is 0.452 e. The first kappa shape index (κ1) is 17.2. The number of carbonyl (C=O) groups excluding carboxylic acids is 2. The second kappa shape index (κ2) is 7.94. The fraction of sp³-hybridized carbons (Fsp3) is 0.125. The number of carbonyl (C=O) groups is 2. The fourth-order valence-corrected chi connectivity index (χ4v) is 2.15. The Bertz CT molecular complexity index is 737. The minimum Gasteiger partial charge on any atom is -0.452 e. The van der Waals surface area contributed by atoms with E-state index in [0.29, 0.717) is 5.02 Å². The molecule has 0 bridgehead atoms. The normalized spacial score (nSPS) is 10.2. The molecule has 2 rings (SSSR count). The third-order valence-corrected chi connectivity index (χ3v) is 3.61. The van der Waals surface area contributed by atoms with Crippen molar-refractivity contribution >= 4 is 35.1 Å². The molecule has 0 atom stereocenters. The lowest BCUT2D eigenvalue weighted by atomic mass is 10.2. The minimum atomic E-state index is -0.873. The van der Waals surface area contributed by atoms with Gasteiger partial charge < -0.3 is 10.1 Å². The molecule has 0 heterocycles. The molecule has 0 saturated carbocycles. The van der Waals surface area contributed by atoms with Crippen molar-refractivity contribution in [1.82, 2.24) is 5.32 Å². The highest BCUT2D eigenvalue weighted by molar-refractivity contribution is 6.33. The molecular formula is C16H12Cl2FNO3. The van der Waals surface area contributed by atoms with E-state index < -0.39 is 24.3 Å². The van der Waals surface area contributed by atoms with E-state index in [0.717, 1.165) is 17.7 Å². The summed E-state index contributed by atoms with van der Waals surface area (Å²) in [5, 5.41) is 3.14. The summed E-state index contributed by atoms with van der Waals surface area (Å²) in [7, 11) is 0. The predicted molar refractivity (Wildman–Crippen MR) is 85.0 cm³/mol. The number of ether oxygens (including phenoxy) is 1. The highest BCUT2D eigenvalue weighted by Crippen LogP contribution is 2.18. The Hall–Kier alpha value is -2.11. The molecule has 1 amide bonds. The van der Waals surface area contributed by atoms with Crippen LogP contribution in [-0.2, 0) is 16.1 Å². The molecule has 23 heavy (non-hydrogen) atoms. The number of hydrogen-bond acceptors (Lipinski definition) is 3. The summed E-state index contributed by atoms with van der Waals surface area (Å²) in [5.41, 5.74) is 0.604. The zero-order chi connectivity index (χ0) is 16.8. The van der Waals surface area contributed by atoms with Crippen LogP contribution in [0.4, 0.5) is 4.39 Å². The van der Waals surface area contributed by atoms with Gasteiger partial charge in [0.15, 0.2) is 6.61 Å². The van der Waals surface area contributed by atoms with E-state index in [1.54, 1.807) is 24.3 Å². The third-order valence-electron chi connectivity index (χ3n) is 2.92. The van der Waals surface area contributed by atoms with Crippen molar-refractivity contribution in [3.05, 3.63) is 69.5 Å². The quantitative estimate of drug-likeness (QED) is 0.833. The van der Waals surface area contributed by atoms with Crippen molar-refractivity contribution < 1.29 is 18.7 Å². The highest BCUT2D eigenvalue weighted by Gasteiger charge is 2.14. The molecule has 0 unspecified atom stereocenters. The summed E-state index contributed by atoms with van der Waals surface area (Å²) in [4.78, 5) is 23.5. The smallest absolute Gasteiger partial charge is 0.340 e. The van der Waals surface area contributed by atoms with Gasteiger partial charge in [-0.15, -0.1) is 0 Å². The predicted octanol–water partition coefficient (Wildman–Crippen LogP) is 3.61. The topological polar surface area (TPSA) is 55.4 Å². The van der Waals surface area contributed by atoms with Gasteiger partial charge in [0.25, 0.3) is 5.91 Å². The number of hydrogen-bond donors (Lipinski definition) is 1. The molecule has 120 valence electrons. The van der Waals surface area contributed by atoms with Crippen molar-refractivity contribution in [2.24, 2.45) is 0 Å². The van der Waals surface area contributed by atoms with Crippen molar-refractivity contribution in [3.8, 4) is 0 Å². The van der Waals surface area contributed by atoms with E-state index in [2.05, 4.69) is 5.32 Å². The Kier molecular flexibility index (Phi) is 5.96. The van der Waals surface area contributed by atoms with Gasteiger partial charge in [-0.3, -0.25) is 4.79 Å². The van der Waals surface area contributed by atoms with Crippen molar-refractivity contribution in [2.45, 2.75) is 6.54 Å². The number of nitrogens with one attached hydrogen (secondary N) is 1. The minimum absolute atomic E-state index is 0.0490. The summed E-state index contributed by atoms with van der Waals surface area (Å²) in [6.07, 6.45) is 0. The van der Waals surface area contributed by atoms with Crippen molar-refractivity contribution in [2.75, 3.05) is 6.61 Å². The Labute approximate surface area is 142 Å². The summed E-state index contributed by atoms with van der Waals surface area (Å²) >= 11 is 11.7. The van der Waals surface area contributed by atoms with Crippen LogP contribution in [0.25, 0.3) is 0 Å². The maximum absolute atomic E-state index is 13.1. The van der Waals surface area contributed by atoms with Crippen LogP contribution in [0, 0.1) is 5.82 Å². The van der Waals surface area contributed by atoms with Gasteiger partial charge in [0.05, 0.1) is 10.6 Å². The molecule has 0 saturated heterocycles. The number of rotatable bonds is 5. The number of amides is 1. The Morgan fingerprint density at radius 2 is 1.83 bits per heavy atom. The van der Waals surface area contributed by atoms with Gasteiger partial charge in [-0.1, -0.05) is 41.4 Å².